The molecule has 1 heterocycles. The van der Waals surface area contributed by atoms with Crippen molar-refractivity contribution in [3.05, 3.63) is 29.4 Å². The summed E-state index contributed by atoms with van der Waals surface area (Å²) in [4.78, 5) is 29.0. The SMILES string of the molecule is COC(=O)NC1CCC(c2ncc(-c3ccc(NC(=O)OC(C)C)cc3S(=O)(=O)NC(C)(C)C)s2)CC1. The molecule has 1 fully saturated rings. The molecule has 37 heavy (non-hydrogen) atoms. The van der Waals surface area contributed by atoms with E-state index in [1.165, 1.54) is 24.5 Å². The summed E-state index contributed by atoms with van der Waals surface area (Å²) in [5.74, 6) is 0.231. The first-order chi connectivity index (χ1) is 17.3. The van der Waals surface area contributed by atoms with Gasteiger partial charge < -0.3 is 14.8 Å². The number of hydrogen-bond donors (Lipinski definition) is 3. The average Bonchev–Trinajstić information content (AvgIpc) is 3.27. The van der Waals surface area contributed by atoms with E-state index in [0.717, 1.165) is 35.6 Å². The lowest BCUT2D eigenvalue weighted by Gasteiger charge is -2.27. The molecule has 204 valence electrons. The van der Waals surface area contributed by atoms with Crippen LogP contribution in [0.3, 0.4) is 0 Å². The lowest BCUT2D eigenvalue weighted by Crippen LogP contribution is -2.40. The second kappa shape index (κ2) is 11.8. The lowest BCUT2D eigenvalue weighted by molar-refractivity contribution is 0.130. The number of anilines is 1. The molecule has 10 nitrogen and oxygen atoms in total. The van der Waals surface area contributed by atoms with E-state index in [2.05, 4.69) is 25.1 Å². The monoisotopic (exact) mass is 552 g/mol. The highest BCUT2D eigenvalue weighted by Crippen LogP contribution is 2.40. The van der Waals surface area contributed by atoms with Crippen LogP contribution in [0.2, 0.25) is 0 Å². The number of aromatic nitrogens is 1. The maximum Gasteiger partial charge on any atom is 0.411 e. The van der Waals surface area contributed by atoms with Crippen molar-refractivity contribution in [2.45, 2.75) is 88.8 Å². The number of carbonyl (C=O) groups excluding carboxylic acids is 2. The normalized spacial score (nSPS) is 18.4. The van der Waals surface area contributed by atoms with Crippen molar-refractivity contribution in [1.82, 2.24) is 15.0 Å². The Balaban J connectivity index is 1.87. The van der Waals surface area contributed by atoms with Crippen molar-refractivity contribution < 1.29 is 27.5 Å². The molecule has 0 atom stereocenters. The minimum atomic E-state index is -3.93. The minimum Gasteiger partial charge on any atom is -0.453 e. The molecule has 2 amide bonds. The second-order valence-electron chi connectivity index (χ2n) is 10.4. The van der Waals surface area contributed by atoms with Crippen LogP contribution in [0.5, 0.6) is 0 Å². The highest BCUT2D eigenvalue weighted by molar-refractivity contribution is 7.89. The Hall–Kier alpha value is -2.70. The highest BCUT2D eigenvalue weighted by Gasteiger charge is 2.29. The summed E-state index contributed by atoms with van der Waals surface area (Å²) in [7, 11) is -2.58. The first kappa shape index (κ1) is 28.9. The van der Waals surface area contributed by atoms with E-state index in [1.807, 2.05) is 0 Å². The van der Waals surface area contributed by atoms with Gasteiger partial charge in [-0.1, -0.05) is 6.07 Å². The van der Waals surface area contributed by atoms with Crippen LogP contribution in [-0.2, 0) is 19.5 Å². The number of carbonyl (C=O) groups is 2. The number of nitrogens with zero attached hydrogens (tertiary/aromatic N) is 1. The van der Waals surface area contributed by atoms with Crippen molar-refractivity contribution in [2.24, 2.45) is 0 Å². The molecule has 1 aliphatic carbocycles. The number of amides is 2. The molecule has 1 saturated carbocycles. The van der Waals surface area contributed by atoms with Crippen LogP contribution in [-0.4, -0.2) is 50.4 Å². The van der Waals surface area contributed by atoms with E-state index in [9.17, 15) is 18.0 Å². The summed E-state index contributed by atoms with van der Waals surface area (Å²) in [6.45, 7) is 8.76. The molecule has 3 N–H and O–H groups in total. The number of nitrogens with one attached hydrogen (secondary N) is 3. The molecular weight excluding hydrogens is 516 g/mol. The van der Waals surface area contributed by atoms with E-state index in [0.29, 0.717) is 11.3 Å². The molecule has 0 spiro atoms. The Labute approximate surface area is 222 Å². The number of rotatable bonds is 7. The second-order valence-corrected chi connectivity index (χ2v) is 13.1. The molecule has 0 bridgehead atoms. The van der Waals surface area contributed by atoms with Crippen molar-refractivity contribution in [2.75, 3.05) is 12.4 Å². The molecule has 0 radical (unpaired) electrons. The predicted molar refractivity (Wildman–Crippen MR) is 143 cm³/mol. The van der Waals surface area contributed by atoms with Gasteiger partial charge in [0.2, 0.25) is 10.0 Å². The van der Waals surface area contributed by atoms with E-state index in [-0.39, 0.29) is 23.0 Å². The van der Waals surface area contributed by atoms with Crippen molar-refractivity contribution in [3.63, 3.8) is 0 Å². The van der Waals surface area contributed by atoms with Crippen LogP contribution in [0.25, 0.3) is 10.4 Å². The fourth-order valence-electron chi connectivity index (χ4n) is 4.16. The maximum absolute atomic E-state index is 13.4. The molecule has 0 aliphatic heterocycles. The summed E-state index contributed by atoms with van der Waals surface area (Å²) in [5, 5.41) is 6.39. The molecule has 0 unspecified atom stereocenters. The number of methoxy groups -OCH3 is 1. The zero-order valence-corrected chi connectivity index (χ0v) is 23.7. The van der Waals surface area contributed by atoms with Crippen LogP contribution in [0.4, 0.5) is 15.3 Å². The molecule has 0 saturated heterocycles. The quantitative estimate of drug-likeness (QED) is 0.428. The van der Waals surface area contributed by atoms with E-state index in [4.69, 9.17) is 4.74 Å². The summed E-state index contributed by atoms with van der Waals surface area (Å²) in [5.41, 5.74) is 0.112. The van der Waals surface area contributed by atoms with Crippen LogP contribution < -0.4 is 15.4 Å². The lowest BCUT2D eigenvalue weighted by atomic mass is 9.86. The van der Waals surface area contributed by atoms with Gasteiger partial charge in [-0.25, -0.2) is 27.7 Å². The fraction of sp³-hybridized carbons (Fsp3) is 0.560. The number of thiazole rings is 1. The summed E-state index contributed by atoms with van der Waals surface area (Å²) in [6.07, 6.45) is 3.66. The minimum absolute atomic E-state index is 0.0472. The number of sulfonamides is 1. The van der Waals surface area contributed by atoms with Gasteiger partial charge in [0, 0.05) is 34.9 Å². The van der Waals surface area contributed by atoms with E-state index in [1.54, 1.807) is 52.9 Å². The van der Waals surface area contributed by atoms with Crippen LogP contribution in [0.1, 0.15) is 71.2 Å². The third kappa shape index (κ3) is 8.14. The van der Waals surface area contributed by atoms with Gasteiger partial charge in [0.05, 0.1) is 28.0 Å². The van der Waals surface area contributed by atoms with Crippen LogP contribution in [0, 0.1) is 0 Å². The Morgan fingerprint density at radius 1 is 1.11 bits per heavy atom. The smallest absolute Gasteiger partial charge is 0.411 e. The summed E-state index contributed by atoms with van der Waals surface area (Å²) in [6, 6.07) is 4.84. The van der Waals surface area contributed by atoms with Gasteiger partial charge in [-0.3, -0.25) is 5.32 Å². The largest absolute Gasteiger partial charge is 0.453 e. The van der Waals surface area contributed by atoms with E-state index < -0.39 is 27.7 Å². The van der Waals surface area contributed by atoms with E-state index >= 15 is 0 Å². The highest BCUT2D eigenvalue weighted by atomic mass is 32.2. The molecule has 2 aromatic rings. The first-order valence-corrected chi connectivity index (χ1v) is 14.5. The number of hydrogen-bond acceptors (Lipinski definition) is 8. The Morgan fingerprint density at radius 3 is 2.38 bits per heavy atom. The van der Waals surface area contributed by atoms with Gasteiger partial charge in [-0.15, -0.1) is 11.3 Å². The Kier molecular flexibility index (Phi) is 9.19. The topological polar surface area (TPSA) is 136 Å². The molecular formula is C25H36N4O6S2. The molecule has 1 aromatic heterocycles. The van der Waals surface area contributed by atoms with Gasteiger partial charge in [0.1, 0.15) is 0 Å². The van der Waals surface area contributed by atoms with Crippen molar-refractivity contribution in [3.8, 4) is 10.4 Å². The predicted octanol–water partition coefficient (Wildman–Crippen LogP) is 5.23. The Bertz CT molecular complexity index is 1210. The Morgan fingerprint density at radius 2 is 1.78 bits per heavy atom. The third-order valence-electron chi connectivity index (χ3n) is 5.67. The number of alkyl carbamates (subject to hydrolysis) is 1. The zero-order chi connectivity index (χ0) is 27.4. The summed E-state index contributed by atoms with van der Waals surface area (Å²) >= 11 is 1.46. The van der Waals surface area contributed by atoms with Crippen LogP contribution >= 0.6 is 11.3 Å². The number of benzene rings is 1. The molecule has 1 aliphatic rings. The number of ether oxygens (including phenoxy) is 2. The molecule has 3 rings (SSSR count). The van der Waals surface area contributed by atoms with Gasteiger partial charge in [0.25, 0.3) is 0 Å². The first-order valence-electron chi connectivity index (χ1n) is 12.2. The molecule has 12 heteroatoms. The van der Waals surface area contributed by atoms with Gasteiger partial charge in [-0.05, 0) is 72.4 Å². The van der Waals surface area contributed by atoms with Gasteiger partial charge in [0.15, 0.2) is 0 Å². The third-order valence-corrected chi connectivity index (χ3v) is 8.66. The maximum atomic E-state index is 13.4. The molecule has 1 aromatic carbocycles. The van der Waals surface area contributed by atoms with Crippen molar-refractivity contribution >= 4 is 39.2 Å². The fourth-order valence-corrected chi connectivity index (χ4v) is 7.01. The standard InChI is InChI=1S/C25H36N4O6S2/c1-15(2)35-24(31)28-18-11-12-19(21(13-18)37(32,33)29-25(3,4)5)20-14-26-22(36-20)16-7-9-17(10-8-16)27-23(30)34-6/h11-17,29H,7-10H2,1-6H3,(H,27,30)(H,28,31). The van der Waals surface area contributed by atoms with Gasteiger partial charge in [-0.2, -0.15) is 0 Å². The average molecular weight is 553 g/mol. The van der Waals surface area contributed by atoms with Gasteiger partial charge >= 0.3 is 12.2 Å². The zero-order valence-electron chi connectivity index (χ0n) is 22.1. The van der Waals surface area contributed by atoms with Crippen molar-refractivity contribution in [1.29, 1.82) is 0 Å². The van der Waals surface area contributed by atoms with Crippen LogP contribution in [0.15, 0.2) is 29.3 Å². The summed E-state index contributed by atoms with van der Waals surface area (Å²) < 4.78 is 39.3.